The van der Waals surface area contributed by atoms with Gasteiger partial charge in [0.25, 0.3) is 5.56 Å². The molecule has 1 saturated carbocycles. The number of halogens is 1. The molecule has 3 aromatic rings. The fourth-order valence-corrected chi connectivity index (χ4v) is 4.08. The standard InChI is InChI=1S/C20H23FN4O/c1-13-14(2)25(17-6-4-3-5-7-17)19-18(13)20(26)24(12-23-19)11-16-9-8-15(21)10-22-16/h8-10,12,17H,3-7,11H2,1-2H3. The van der Waals surface area contributed by atoms with Crippen LogP contribution in [0.4, 0.5) is 4.39 Å². The summed E-state index contributed by atoms with van der Waals surface area (Å²) in [7, 11) is 0. The van der Waals surface area contributed by atoms with E-state index in [0.717, 1.165) is 29.7 Å². The van der Waals surface area contributed by atoms with Gasteiger partial charge in [-0.1, -0.05) is 19.3 Å². The summed E-state index contributed by atoms with van der Waals surface area (Å²) in [5, 5.41) is 0.692. The summed E-state index contributed by atoms with van der Waals surface area (Å²) >= 11 is 0. The summed E-state index contributed by atoms with van der Waals surface area (Å²) in [5.74, 6) is -0.384. The highest BCUT2D eigenvalue weighted by Crippen LogP contribution is 2.33. The Balaban J connectivity index is 1.79. The molecule has 0 aliphatic heterocycles. The van der Waals surface area contributed by atoms with Crippen molar-refractivity contribution in [2.24, 2.45) is 0 Å². The average Bonchev–Trinajstić information content (AvgIpc) is 2.91. The fourth-order valence-electron chi connectivity index (χ4n) is 4.08. The second kappa shape index (κ2) is 6.67. The minimum atomic E-state index is -0.384. The van der Waals surface area contributed by atoms with Crippen molar-refractivity contribution in [2.45, 2.75) is 58.5 Å². The molecule has 0 N–H and O–H groups in total. The zero-order chi connectivity index (χ0) is 18.3. The summed E-state index contributed by atoms with van der Waals surface area (Å²) in [6, 6.07) is 3.38. The highest BCUT2D eigenvalue weighted by molar-refractivity contribution is 5.81. The second-order valence-electron chi connectivity index (χ2n) is 7.22. The van der Waals surface area contributed by atoms with Gasteiger partial charge in [-0.2, -0.15) is 0 Å². The SMILES string of the molecule is Cc1c(C)n(C2CCCCC2)c2ncn(Cc3ccc(F)cn3)c(=O)c12. The Hall–Kier alpha value is -2.50. The van der Waals surface area contributed by atoms with Gasteiger partial charge in [0, 0.05) is 11.7 Å². The smallest absolute Gasteiger partial charge is 0.263 e. The maximum atomic E-state index is 13.1. The third kappa shape index (κ3) is 2.83. The fraction of sp³-hybridized carbons (Fsp3) is 0.450. The maximum Gasteiger partial charge on any atom is 0.263 e. The van der Waals surface area contributed by atoms with Crippen molar-refractivity contribution in [3.05, 3.63) is 57.8 Å². The van der Waals surface area contributed by atoms with E-state index in [1.807, 2.05) is 6.92 Å². The Morgan fingerprint density at radius 3 is 2.62 bits per heavy atom. The van der Waals surface area contributed by atoms with Crippen LogP contribution < -0.4 is 5.56 Å². The second-order valence-corrected chi connectivity index (χ2v) is 7.22. The van der Waals surface area contributed by atoms with Crippen LogP contribution in [0.1, 0.15) is 55.1 Å². The maximum absolute atomic E-state index is 13.1. The van der Waals surface area contributed by atoms with E-state index < -0.39 is 0 Å². The summed E-state index contributed by atoms with van der Waals surface area (Å²) in [5.41, 5.74) is 3.51. The zero-order valence-electron chi connectivity index (χ0n) is 15.2. The van der Waals surface area contributed by atoms with E-state index in [-0.39, 0.29) is 17.9 Å². The number of pyridine rings is 1. The zero-order valence-corrected chi connectivity index (χ0v) is 15.2. The third-order valence-corrected chi connectivity index (χ3v) is 5.59. The Labute approximate surface area is 151 Å². The quantitative estimate of drug-likeness (QED) is 0.717. The number of nitrogens with zero attached hydrogens (tertiary/aromatic N) is 4. The molecule has 136 valence electrons. The first-order valence-corrected chi connectivity index (χ1v) is 9.23. The molecule has 0 atom stereocenters. The lowest BCUT2D eigenvalue weighted by Crippen LogP contribution is -2.22. The average molecular weight is 354 g/mol. The molecule has 0 spiro atoms. The van der Waals surface area contributed by atoms with E-state index in [9.17, 15) is 9.18 Å². The van der Waals surface area contributed by atoms with Gasteiger partial charge in [-0.05, 0) is 44.4 Å². The molecule has 1 aliphatic rings. The number of hydrogen-bond acceptors (Lipinski definition) is 3. The van der Waals surface area contributed by atoms with Crippen LogP contribution in [-0.2, 0) is 6.54 Å². The minimum Gasteiger partial charge on any atom is -0.326 e. The molecule has 3 aromatic heterocycles. The first-order valence-electron chi connectivity index (χ1n) is 9.23. The Morgan fingerprint density at radius 2 is 1.92 bits per heavy atom. The van der Waals surface area contributed by atoms with E-state index in [2.05, 4.69) is 21.5 Å². The molecule has 0 unspecified atom stereocenters. The highest BCUT2D eigenvalue weighted by atomic mass is 19.1. The number of aromatic nitrogens is 4. The van der Waals surface area contributed by atoms with Gasteiger partial charge in [0.05, 0.1) is 23.8 Å². The summed E-state index contributed by atoms with van der Waals surface area (Å²) in [6.07, 6.45) is 8.81. The molecular formula is C20H23FN4O. The molecule has 4 rings (SSSR count). The van der Waals surface area contributed by atoms with Gasteiger partial charge in [-0.15, -0.1) is 0 Å². The third-order valence-electron chi connectivity index (χ3n) is 5.59. The monoisotopic (exact) mass is 354 g/mol. The Kier molecular flexibility index (Phi) is 4.34. The molecular weight excluding hydrogens is 331 g/mol. The largest absolute Gasteiger partial charge is 0.326 e. The van der Waals surface area contributed by atoms with Gasteiger partial charge >= 0.3 is 0 Å². The predicted octanol–water partition coefficient (Wildman–Crippen LogP) is 3.90. The van der Waals surface area contributed by atoms with Crippen molar-refractivity contribution in [1.29, 1.82) is 0 Å². The van der Waals surface area contributed by atoms with Crippen molar-refractivity contribution in [1.82, 2.24) is 19.1 Å². The highest BCUT2D eigenvalue weighted by Gasteiger charge is 2.23. The van der Waals surface area contributed by atoms with Crippen molar-refractivity contribution < 1.29 is 4.39 Å². The van der Waals surface area contributed by atoms with Crippen LogP contribution in [-0.4, -0.2) is 19.1 Å². The molecule has 0 saturated heterocycles. The predicted molar refractivity (Wildman–Crippen MR) is 98.9 cm³/mol. The van der Waals surface area contributed by atoms with Gasteiger partial charge in [0.2, 0.25) is 0 Å². The minimum absolute atomic E-state index is 0.0590. The molecule has 6 heteroatoms. The first-order chi connectivity index (χ1) is 12.6. The normalized spacial score (nSPS) is 15.7. The van der Waals surface area contributed by atoms with Gasteiger partial charge in [-0.25, -0.2) is 9.37 Å². The van der Waals surface area contributed by atoms with Crippen LogP contribution in [0.2, 0.25) is 0 Å². The van der Waals surface area contributed by atoms with Crippen LogP contribution in [0, 0.1) is 19.7 Å². The number of fused-ring (bicyclic) bond motifs is 1. The number of hydrogen-bond donors (Lipinski definition) is 0. The van der Waals surface area contributed by atoms with E-state index in [1.165, 1.54) is 31.5 Å². The van der Waals surface area contributed by atoms with Crippen LogP contribution in [0.5, 0.6) is 0 Å². The van der Waals surface area contributed by atoms with Crippen LogP contribution in [0.25, 0.3) is 11.0 Å². The summed E-state index contributed by atoms with van der Waals surface area (Å²) in [6.45, 7) is 4.37. The molecule has 1 fully saturated rings. The molecule has 0 aromatic carbocycles. The Bertz CT molecular complexity index is 997. The lowest BCUT2D eigenvalue weighted by molar-refractivity contribution is 0.355. The van der Waals surface area contributed by atoms with E-state index in [0.29, 0.717) is 17.1 Å². The van der Waals surface area contributed by atoms with E-state index in [4.69, 9.17) is 0 Å². The molecule has 5 nitrogen and oxygen atoms in total. The Morgan fingerprint density at radius 1 is 1.15 bits per heavy atom. The van der Waals surface area contributed by atoms with Crippen LogP contribution >= 0.6 is 0 Å². The summed E-state index contributed by atoms with van der Waals surface area (Å²) in [4.78, 5) is 21.8. The molecule has 0 amide bonds. The topological polar surface area (TPSA) is 52.7 Å². The lowest BCUT2D eigenvalue weighted by Gasteiger charge is -2.25. The van der Waals surface area contributed by atoms with Gasteiger partial charge in [0.1, 0.15) is 17.8 Å². The molecule has 0 bridgehead atoms. The summed E-state index contributed by atoms with van der Waals surface area (Å²) < 4.78 is 16.9. The molecule has 0 radical (unpaired) electrons. The van der Waals surface area contributed by atoms with Crippen molar-refractivity contribution in [3.63, 3.8) is 0 Å². The molecule has 3 heterocycles. The first kappa shape index (κ1) is 16.9. The van der Waals surface area contributed by atoms with Crippen LogP contribution in [0.15, 0.2) is 29.5 Å². The van der Waals surface area contributed by atoms with Crippen molar-refractivity contribution in [3.8, 4) is 0 Å². The number of aryl methyl sites for hydroxylation is 1. The van der Waals surface area contributed by atoms with Gasteiger partial charge in [0.15, 0.2) is 0 Å². The van der Waals surface area contributed by atoms with Gasteiger partial charge in [-0.3, -0.25) is 14.3 Å². The lowest BCUT2D eigenvalue weighted by atomic mass is 9.95. The van der Waals surface area contributed by atoms with Crippen LogP contribution in [0.3, 0.4) is 0 Å². The van der Waals surface area contributed by atoms with Crippen molar-refractivity contribution >= 4 is 11.0 Å². The van der Waals surface area contributed by atoms with Gasteiger partial charge < -0.3 is 4.57 Å². The van der Waals surface area contributed by atoms with E-state index in [1.54, 1.807) is 17.0 Å². The number of rotatable bonds is 3. The molecule has 26 heavy (non-hydrogen) atoms. The molecule has 1 aliphatic carbocycles. The van der Waals surface area contributed by atoms with E-state index >= 15 is 0 Å². The van der Waals surface area contributed by atoms with Crippen molar-refractivity contribution in [2.75, 3.05) is 0 Å².